The predicted octanol–water partition coefficient (Wildman–Crippen LogP) is 1.01. The molecule has 0 radical (unpaired) electrons. The fraction of sp³-hybridized carbons (Fsp3) is 0.462. The number of imide groups is 1. The van der Waals surface area contributed by atoms with Gasteiger partial charge in [-0.25, -0.2) is 4.39 Å². The highest BCUT2D eigenvalue weighted by atomic mass is 79.9. The summed E-state index contributed by atoms with van der Waals surface area (Å²) in [5.41, 5.74) is 0. The zero-order valence-electron chi connectivity index (χ0n) is 10.4. The number of halogens is 2. The van der Waals surface area contributed by atoms with Crippen LogP contribution < -0.4 is 5.32 Å². The van der Waals surface area contributed by atoms with Gasteiger partial charge in [0.1, 0.15) is 11.9 Å². The van der Waals surface area contributed by atoms with Crippen LogP contribution in [0.25, 0.3) is 0 Å². The number of rotatable bonds is 1. The summed E-state index contributed by atoms with van der Waals surface area (Å²) in [6, 6.07) is -0.637. The smallest absolute Gasteiger partial charge is 0.249 e. The highest BCUT2D eigenvalue weighted by Crippen LogP contribution is 2.40. The Hall–Kier alpha value is -1.50. The molecule has 0 aromatic carbocycles. The summed E-state index contributed by atoms with van der Waals surface area (Å²) >= 11 is 3.29. The number of hydrogen-bond donors (Lipinski definition) is 1. The molecule has 3 amide bonds. The van der Waals surface area contributed by atoms with E-state index in [-0.39, 0.29) is 24.2 Å². The molecule has 0 aromatic heterocycles. The lowest BCUT2D eigenvalue weighted by atomic mass is 9.91. The van der Waals surface area contributed by atoms with Crippen LogP contribution in [-0.4, -0.2) is 35.2 Å². The Morgan fingerprint density at radius 3 is 2.80 bits per heavy atom. The molecular weight excluding hydrogens is 331 g/mol. The van der Waals surface area contributed by atoms with Crippen LogP contribution in [0.1, 0.15) is 12.8 Å². The molecule has 2 saturated heterocycles. The molecule has 3 atom stereocenters. The van der Waals surface area contributed by atoms with Crippen molar-refractivity contribution in [1.29, 1.82) is 0 Å². The van der Waals surface area contributed by atoms with Crippen molar-refractivity contribution in [1.82, 2.24) is 10.2 Å². The third kappa shape index (κ3) is 2.09. The minimum Gasteiger partial charge on any atom is -0.329 e. The van der Waals surface area contributed by atoms with E-state index in [1.165, 1.54) is 17.1 Å². The summed E-state index contributed by atoms with van der Waals surface area (Å²) in [6.07, 6.45) is 3.19. The number of piperidine rings is 1. The molecule has 0 bridgehead atoms. The summed E-state index contributed by atoms with van der Waals surface area (Å²) in [6.45, 7) is 0.358. The maximum absolute atomic E-state index is 13.4. The van der Waals surface area contributed by atoms with Gasteiger partial charge in [-0.3, -0.25) is 19.7 Å². The van der Waals surface area contributed by atoms with Crippen molar-refractivity contribution in [2.24, 2.45) is 11.8 Å². The van der Waals surface area contributed by atoms with Crippen LogP contribution in [0.5, 0.6) is 0 Å². The molecule has 5 nitrogen and oxygen atoms in total. The standard InChI is InChI=1S/C13H12BrFN2O3/c14-9-4-6(15)3-7-8(9)5-17(13(7)20)10-1-2-11(18)16-12(10)19/h3-4,7-8,10H,1-2,5H2,(H,16,18,19). The molecule has 20 heavy (non-hydrogen) atoms. The third-order valence-corrected chi connectivity index (χ3v) is 4.77. The second-order valence-corrected chi connectivity index (χ2v) is 6.09. The molecule has 2 fully saturated rings. The van der Waals surface area contributed by atoms with Gasteiger partial charge in [0, 0.05) is 23.4 Å². The van der Waals surface area contributed by atoms with Crippen molar-refractivity contribution >= 4 is 33.7 Å². The minimum atomic E-state index is -0.637. The van der Waals surface area contributed by atoms with Crippen LogP contribution >= 0.6 is 15.9 Å². The van der Waals surface area contributed by atoms with Gasteiger partial charge in [0.15, 0.2) is 0 Å². The average Bonchev–Trinajstić information content (AvgIpc) is 2.68. The first-order valence-corrected chi connectivity index (χ1v) is 7.15. The van der Waals surface area contributed by atoms with Crippen LogP contribution in [0.15, 0.2) is 22.5 Å². The lowest BCUT2D eigenvalue weighted by Gasteiger charge is -2.29. The Kier molecular flexibility index (Phi) is 3.24. The molecule has 0 saturated carbocycles. The van der Waals surface area contributed by atoms with Gasteiger partial charge in [-0.05, 0) is 18.6 Å². The summed E-state index contributed by atoms with van der Waals surface area (Å²) in [4.78, 5) is 36.8. The zero-order chi connectivity index (χ0) is 14.4. The van der Waals surface area contributed by atoms with Gasteiger partial charge < -0.3 is 4.90 Å². The second kappa shape index (κ2) is 4.80. The first-order chi connectivity index (χ1) is 9.47. The van der Waals surface area contributed by atoms with Crippen molar-refractivity contribution < 1.29 is 18.8 Å². The molecule has 2 aliphatic heterocycles. The Morgan fingerprint density at radius 1 is 1.35 bits per heavy atom. The van der Waals surface area contributed by atoms with Gasteiger partial charge in [0.25, 0.3) is 0 Å². The monoisotopic (exact) mass is 342 g/mol. The van der Waals surface area contributed by atoms with Crippen LogP contribution in [-0.2, 0) is 14.4 Å². The summed E-state index contributed by atoms with van der Waals surface area (Å²) in [5, 5.41) is 2.24. The maximum atomic E-state index is 13.4. The number of fused-ring (bicyclic) bond motifs is 1. The lowest BCUT2D eigenvalue weighted by molar-refractivity contribution is -0.144. The molecule has 3 unspecified atom stereocenters. The van der Waals surface area contributed by atoms with E-state index < -0.39 is 23.7 Å². The Morgan fingerprint density at radius 2 is 2.10 bits per heavy atom. The Labute approximate surface area is 123 Å². The number of likely N-dealkylation sites (tertiary alicyclic amines) is 1. The van der Waals surface area contributed by atoms with Crippen molar-refractivity contribution in [2.45, 2.75) is 18.9 Å². The second-order valence-electron chi connectivity index (χ2n) is 5.17. The van der Waals surface area contributed by atoms with Gasteiger partial charge >= 0.3 is 0 Å². The third-order valence-electron chi connectivity index (χ3n) is 3.95. The van der Waals surface area contributed by atoms with Crippen LogP contribution in [0.4, 0.5) is 4.39 Å². The maximum Gasteiger partial charge on any atom is 0.249 e. The number of amides is 3. The Bertz CT molecular complexity index is 572. The summed E-state index contributed by atoms with van der Waals surface area (Å²) in [5.74, 6) is -2.20. The summed E-state index contributed by atoms with van der Waals surface area (Å²) < 4.78 is 14.0. The van der Waals surface area contributed by atoms with Crippen LogP contribution in [0, 0.1) is 11.8 Å². The quantitative estimate of drug-likeness (QED) is 0.723. The number of nitrogens with zero attached hydrogens (tertiary/aromatic N) is 1. The number of allylic oxidation sites excluding steroid dienone is 2. The van der Waals surface area contributed by atoms with Gasteiger partial charge in [-0.15, -0.1) is 0 Å². The normalized spacial score (nSPS) is 33.6. The molecule has 1 N–H and O–H groups in total. The Balaban J connectivity index is 1.84. The van der Waals surface area contributed by atoms with Crippen molar-refractivity contribution in [3.8, 4) is 0 Å². The van der Waals surface area contributed by atoms with E-state index in [9.17, 15) is 18.8 Å². The number of hydrogen-bond acceptors (Lipinski definition) is 3. The molecule has 7 heteroatoms. The molecule has 0 spiro atoms. The van der Waals surface area contributed by atoms with Crippen molar-refractivity contribution in [2.75, 3.05) is 6.54 Å². The first kappa shape index (κ1) is 13.5. The molecule has 1 aliphatic carbocycles. The van der Waals surface area contributed by atoms with Crippen LogP contribution in [0.3, 0.4) is 0 Å². The zero-order valence-corrected chi connectivity index (χ0v) is 12.0. The highest BCUT2D eigenvalue weighted by molar-refractivity contribution is 9.11. The van der Waals surface area contributed by atoms with E-state index in [0.29, 0.717) is 17.4 Å². The number of carbonyl (C=O) groups is 3. The largest absolute Gasteiger partial charge is 0.329 e. The molecule has 2 heterocycles. The van der Waals surface area contributed by atoms with Crippen molar-refractivity contribution in [3.63, 3.8) is 0 Å². The molecule has 3 rings (SSSR count). The van der Waals surface area contributed by atoms with E-state index in [2.05, 4.69) is 21.2 Å². The van der Waals surface area contributed by atoms with E-state index in [0.717, 1.165) is 0 Å². The van der Waals surface area contributed by atoms with Crippen molar-refractivity contribution in [3.05, 3.63) is 22.5 Å². The van der Waals surface area contributed by atoms with Crippen LogP contribution in [0.2, 0.25) is 0 Å². The van der Waals surface area contributed by atoms with E-state index in [4.69, 9.17) is 0 Å². The minimum absolute atomic E-state index is 0.160. The fourth-order valence-electron chi connectivity index (χ4n) is 2.94. The highest BCUT2D eigenvalue weighted by Gasteiger charge is 2.47. The number of nitrogens with one attached hydrogen (secondary N) is 1. The first-order valence-electron chi connectivity index (χ1n) is 6.36. The van der Waals surface area contributed by atoms with E-state index in [1.807, 2.05) is 0 Å². The number of carbonyl (C=O) groups excluding carboxylic acids is 3. The van der Waals surface area contributed by atoms with Gasteiger partial charge in [-0.1, -0.05) is 15.9 Å². The van der Waals surface area contributed by atoms with Gasteiger partial charge in [0.05, 0.1) is 5.92 Å². The van der Waals surface area contributed by atoms with Gasteiger partial charge in [-0.2, -0.15) is 0 Å². The van der Waals surface area contributed by atoms with E-state index in [1.54, 1.807) is 0 Å². The average molecular weight is 343 g/mol. The summed E-state index contributed by atoms with van der Waals surface area (Å²) in [7, 11) is 0. The molecular formula is C13H12BrFN2O3. The molecule has 3 aliphatic rings. The van der Waals surface area contributed by atoms with E-state index >= 15 is 0 Å². The predicted molar refractivity (Wildman–Crippen MR) is 71.1 cm³/mol. The van der Waals surface area contributed by atoms with Gasteiger partial charge in [0.2, 0.25) is 17.7 Å². The molecule has 0 aromatic rings. The topological polar surface area (TPSA) is 66.5 Å². The SMILES string of the molecule is O=C1CCC(N2CC3C(Br)=CC(F)=CC3C2=O)C(=O)N1. The lowest BCUT2D eigenvalue weighted by Crippen LogP contribution is -2.53. The fourth-order valence-corrected chi connectivity index (χ4v) is 3.59. The molecule has 106 valence electrons.